The number of oxazole rings is 1. The van der Waals surface area contributed by atoms with Gasteiger partial charge < -0.3 is 23.7 Å². The van der Waals surface area contributed by atoms with Crippen molar-refractivity contribution in [1.29, 1.82) is 0 Å². The summed E-state index contributed by atoms with van der Waals surface area (Å²) in [4.78, 5) is 45.2. The van der Waals surface area contributed by atoms with E-state index in [2.05, 4.69) is 4.98 Å². The molecule has 0 radical (unpaired) electrons. The number of thiophene rings is 1. The number of aromatic carboxylic acids is 1. The molecule has 2 aromatic carbocycles. The zero-order valence-electron chi connectivity index (χ0n) is 23.5. The van der Waals surface area contributed by atoms with Crippen LogP contribution in [0.4, 0.5) is 0 Å². The van der Waals surface area contributed by atoms with Crippen molar-refractivity contribution >= 4 is 27.5 Å². The Bertz CT molecular complexity index is 1880. The van der Waals surface area contributed by atoms with Gasteiger partial charge in [0.25, 0.3) is 5.56 Å². The van der Waals surface area contributed by atoms with E-state index in [1.807, 2.05) is 24.3 Å². The largest absolute Gasteiger partial charge is 0.496 e. The molecule has 0 bridgehead atoms. The lowest BCUT2D eigenvalue weighted by Crippen LogP contribution is -2.40. The third-order valence-corrected chi connectivity index (χ3v) is 8.87. The number of ether oxygens (including phenoxy) is 3. The van der Waals surface area contributed by atoms with E-state index < -0.39 is 23.3 Å². The first kappa shape index (κ1) is 28.6. The van der Waals surface area contributed by atoms with E-state index in [9.17, 15) is 19.5 Å². The van der Waals surface area contributed by atoms with Gasteiger partial charge in [-0.1, -0.05) is 18.2 Å². The smallest absolute Gasteiger partial charge is 0.336 e. The highest BCUT2D eigenvalue weighted by molar-refractivity contribution is 7.22. The summed E-state index contributed by atoms with van der Waals surface area (Å²) in [7, 11) is 1.58. The van der Waals surface area contributed by atoms with Gasteiger partial charge in [0, 0.05) is 18.8 Å². The van der Waals surface area contributed by atoms with E-state index in [0.717, 1.165) is 10.1 Å². The molecule has 43 heavy (non-hydrogen) atoms. The lowest BCUT2D eigenvalue weighted by molar-refractivity contribution is -0.0752. The quantitative estimate of drug-likeness (QED) is 0.252. The summed E-state index contributed by atoms with van der Waals surface area (Å²) in [6, 6.07) is 13.1. The van der Waals surface area contributed by atoms with E-state index in [-0.39, 0.29) is 23.9 Å². The minimum absolute atomic E-state index is 0.0391. The summed E-state index contributed by atoms with van der Waals surface area (Å²) >= 11 is 1.25. The molecule has 1 aliphatic rings. The Morgan fingerprint density at radius 1 is 1.14 bits per heavy atom. The van der Waals surface area contributed by atoms with Crippen LogP contribution in [-0.4, -0.2) is 51.6 Å². The molecule has 4 heterocycles. The van der Waals surface area contributed by atoms with Crippen LogP contribution in [0, 0.1) is 6.92 Å². The summed E-state index contributed by atoms with van der Waals surface area (Å²) in [5.74, 6) is -0.153. The first-order valence-electron chi connectivity index (χ1n) is 13.8. The second-order valence-electron chi connectivity index (χ2n) is 10.1. The van der Waals surface area contributed by atoms with Crippen LogP contribution in [0.1, 0.15) is 40.4 Å². The molecule has 1 atom stereocenters. The Labute approximate surface area is 249 Å². The topological polar surface area (TPSA) is 135 Å². The molecule has 0 saturated carbocycles. The standard InChI is InChI=1S/C31H29N3O8S/c1-18-25-28(35)34(20-9-7-19(8-10-20)30(36)37)31(38)33(29(25)43-26(18)27-32-13-16-41-27)17-24(42-21-11-14-40-15-12-21)22-5-3-4-6-23(22)39-2/h3-10,13,16,21,24H,11-12,14-15,17H2,1-2H3,(H,36,37)/t24-/m0/s1. The minimum Gasteiger partial charge on any atom is -0.496 e. The van der Waals surface area contributed by atoms with Crippen LogP contribution in [0.2, 0.25) is 0 Å². The van der Waals surface area contributed by atoms with Gasteiger partial charge in [0.15, 0.2) is 0 Å². The summed E-state index contributed by atoms with van der Waals surface area (Å²) in [5.41, 5.74) is 0.564. The molecular formula is C31H29N3O8S. The fourth-order valence-corrected chi connectivity index (χ4v) is 6.63. The molecule has 12 heteroatoms. The molecule has 1 N–H and O–H groups in total. The third-order valence-electron chi connectivity index (χ3n) is 7.57. The fourth-order valence-electron chi connectivity index (χ4n) is 5.39. The second kappa shape index (κ2) is 12.0. The number of hydrogen-bond acceptors (Lipinski definition) is 9. The molecule has 11 nitrogen and oxygen atoms in total. The third kappa shape index (κ3) is 5.40. The molecule has 0 spiro atoms. The first-order chi connectivity index (χ1) is 20.9. The number of methoxy groups -OCH3 is 1. The molecule has 222 valence electrons. The van der Waals surface area contributed by atoms with E-state index >= 15 is 0 Å². The Hall–Kier alpha value is -4.52. The van der Waals surface area contributed by atoms with E-state index in [1.165, 1.54) is 48.1 Å². The molecule has 0 amide bonds. The number of aromatic nitrogens is 3. The van der Waals surface area contributed by atoms with Crippen molar-refractivity contribution in [3.8, 4) is 22.2 Å². The lowest BCUT2D eigenvalue weighted by atomic mass is 10.1. The average molecular weight is 604 g/mol. The molecule has 5 aromatic rings. The molecule has 1 saturated heterocycles. The van der Waals surface area contributed by atoms with Gasteiger partial charge in [0.05, 0.1) is 47.5 Å². The van der Waals surface area contributed by atoms with Crippen molar-refractivity contribution in [2.75, 3.05) is 20.3 Å². The molecule has 0 unspecified atom stereocenters. The second-order valence-corrected chi connectivity index (χ2v) is 11.1. The van der Waals surface area contributed by atoms with Crippen molar-refractivity contribution in [3.05, 3.63) is 98.5 Å². The Morgan fingerprint density at radius 2 is 1.88 bits per heavy atom. The predicted molar refractivity (Wildman–Crippen MR) is 160 cm³/mol. The maximum Gasteiger partial charge on any atom is 0.336 e. The van der Waals surface area contributed by atoms with Crippen LogP contribution >= 0.6 is 11.3 Å². The SMILES string of the molecule is COc1ccccc1[C@H](Cn1c(=O)n(-c2ccc(C(=O)O)cc2)c(=O)c2c(C)c(-c3ncco3)sc21)OC1CCOCC1. The van der Waals surface area contributed by atoms with Crippen LogP contribution in [0.3, 0.4) is 0 Å². The minimum atomic E-state index is -1.11. The predicted octanol–water partition coefficient (Wildman–Crippen LogP) is 4.82. The van der Waals surface area contributed by atoms with Gasteiger partial charge in [-0.2, -0.15) is 0 Å². The van der Waals surface area contributed by atoms with Crippen LogP contribution in [0.15, 0.2) is 75.0 Å². The lowest BCUT2D eigenvalue weighted by Gasteiger charge is -2.29. The Morgan fingerprint density at radius 3 is 2.56 bits per heavy atom. The number of nitrogens with zero attached hydrogens (tertiary/aromatic N) is 3. The first-order valence-corrected chi connectivity index (χ1v) is 14.6. The average Bonchev–Trinajstić information content (AvgIpc) is 3.68. The van der Waals surface area contributed by atoms with Crippen molar-refractivity contribution in [2.24, 2.45) is 0 Å². The fraction of sp³-hybridized carbons (Fsp3) is 0.290. The number of rotatable bonds is 9. The van der Waals surface area contributed by atoms with Crippen molar-refractivity contribution < 1.29 is 28.5 Å². The van der Waals surface area contributed by atoms with Gasteiger partial charge in [-0.25, -0.2) is 19.1 Å². The zero-order chi connectivity index (χ0) is 30.1. The summed E-state index contributed by atoms with van der Waals surface area (Å²) < 4.78 is 26.0. The highest BCUT2D eigenvalue weighted by Crippen LogP contribution is 2.37. The number of carboxylic acids is 1. The molecule has 1 aliphatic heterocycles. The number of hydrogen-bond donors (Lipinski definition) is 1. The van der Waals surface area contributed by atoms with Gasteiger partial charge in [-0.05, 0) is 55.7 Å². The van der Waals surface area contributed by atoms with Crippen LogP contribution in [-0.2, 0) is 16.0 Å². The number of aryl methyl sites for hydroxylation is 1. The maximum absolute atomic E-state index is 14.3. The van der Waals surface area contributed by atoms with Gasteiger partial charge in [-0.15, -0.1) is 11.3 Å². The summed E-state index contributed by atoms with van der Waals surface area (Å²) in [6.07, 6.45) is 3.68. The van der Waals surface area contributed by atoms with Crippen molar-refractivity contribution in [1.82, 2.24) is 14.1 Å². The molecule has 0 aliphatic carbocycles. The monoisotopic (exact) mass is 603 g/mol. The van der Waals surface area contributed by atoms with Gasteiger partial charge in [0.2, 0.25) is 5.89 Å². The highest BCUT2D eigenvalue weighted by atomic mass is 32.1. The van der Waals surface area contributed by atoms with E-state index in [1.54, 1.807) is 18.6 Å². The molecule has 1 fully saturated rings. The number of para-hydroxylation sites is 1. The molecule has 3 aromatic heterocycles. The number of carbonyl (C=O) groups is 1. The highest BCUT2D eigenvalue weighted by Gasteiger charge is 2.28. The number of carboxylic acid groups (broad SMARTS) is 1. The molecule has 6 rings (SSSR count). The number of fused-ring (bicyclic) bond motifs is 1. The van der Waals surface area contributed by atoms with Gasteiger partial charge in [-0.3, -0.25) is 9.36 Å². The molecular weight excluding hydrogens is 574 g/mol. The van der Waals surface area contributed by atoms with Gasteiger partial charge in [0.1, 0.15) is 22.9 Å². The van der Waals surface area contributed by atoms with E-state index in [4.69, 9.17) is 18.6 Å². The van der Waals surface area contributed by atoms with E-state index in [0.29, 0.717) is 58.4 Å². The summed E-state index contributed by atoms with van der Waals surface area (Å²) in [6.45, 7) is 3.02. The van der Waals surface area contributed by atoms with Crippen LogP contribution in [0.25, 0.3) is 26.7 Å². The normalized spacial score (nSPS) is 14.7. The zero-order valence-corrected chi connectivity index (χ0v) is 24.3. The van der Waals surface area contributed by atoms with Gasteiger partial charge >= 0.3 is 11.7 Å². The maximum atomic E-state index is 14.3. The Balaban J connectivity index is 1.57. The Kier molecular flexibility index (Phi) is 7.98. The van der Waals surface area contributed by atoms with Crippen molar-refractivity contribution in [3.63, 3.8) is 0 Å². The van der Waals surface area contributed by atoms with Crippen LogP contribution < -0.4 is 16.0 Å². The van der Waals surface area contributed by atoms with Crippen molar-refractivity contribution in [2.45, 2.75) is 38.5 Å². The number of benzene rings is 2. The summed E-state index contributed by atoms with van der Waals surface area (Å²) in [5, 5.41) is 9.71. The van der Waals surface area contributed by atoms with Crippen LogP contribution in [0.5, 0.6) is 5.75 Å².